The molecule has 1 N–H and O–H groups in total. The predicted octanol–water partition coefficient (Wildman–Crippen LogP) is 3.40. The summed E-state index contributed by atoms with van der Waals surface area (Å²) in [6.45, 7) is 0. The number of alkyl halides is 3. The molecule has 1 heterocycles. The number of carbonyl (C=O) groups is 1. The first kappa shape index (κ1) is 15.9. The topological polar surface area (TPSA) is 70.7 Å². The van der Waals surface area contributed by atoms with Crippen LogP contribution in [0.15, 0.2) is 30.6 Å². The van der Waals surface area contributed by atoms with E-state index in [1.807, 2.05) is 0 Å². The minimum absolute atomic E-state index is 0.116. The molecule has 114 valence electrons. The number of nitrogens with one attached hydrogen (secondary N) is 1. The Bertz CT molecular complexity index is 748. The molecule has 0 aliphatic carbocycles. The average Bonchev–Trinajstić information content (AvgIpc) is 2.84. The fourth-order valence-corrected chi connectivity index (χ4v) is 1.85. The van der Waals surface area contributed by atoms with Crippen LogP contribution in [0.5, 0.6) is 0 Å². The zero-order valence-corrected chi connectivity index (χ0v) is 11.6. The van der Waals surface area contributed by atoms with E-state index in [0.717, 1.165) is 18.2 Å². The first-order valence-corrected chi connectivity index (χ1v) is 6.27. The lowest BCUT2D eigenvalue weighted by atomic mass is 10.1. The SMILES string of the molecule is N#CCC(=O)Nc1cc(C(F)(F)F)ccc1-n1cc(Cl)cn1. The molecule has 9 heteroatoms. The van der Waals surface area contributed by atoms with Crippen LogP contribution in [0.4, 0.5) is 18.9 Å². The molecule has 0 unspecified atom stereocenters. The molecular weight excluding hydrogens is 321 g/mol. The first-order valence-electron chi connectivity index (χ1n) is 5.90. The van der Waals surface area contributed by atoms with Gasteiger partial charge in [0.15, 0.2) is 0 Å². The molecule has 0 atom stereocenters. The fourth-order valence-electron chi connectivity index (χ4n) is 1.71. The molecule has 0 fully saturated rings. The Balaban J connectivity index is 2.48. The summed E-state index contributed by atoms with van der Waals surface area (Å²) in [7, 11) is 0. The monoisotopic (exact) mass is 328 g/mol. The smallest absolute Gasteiger partial charge is 0.323 e. The molecule has 1 aromatic heterocycles. The molecule has 1 amide bonds. The van der Waals surface area contributed by atoms with Crippen LogP contribution in [0.2, 0.25) is 5.02 Å². The molecule has 0 spiro atoms. The highest BCUT2D eigenvalue weighted by atomic mass is 35.5. The number of nitriles is 1. The third-order valence-electron chi connectivity index (χ3n) is 2.64. The van der Waals surface area contributed by atoms with Gasteiger partial charge in [-0.3, -0.25) is 4.79 Å². The molecule has 2 rings (SSSR count). The lowest BCUT2D eigenvalue weighted by Crippen LogP contribution is -2.14. The van der Waals surface area contributed by atoms with E-state index >= 15 is 0 Å². The largest absolute Gasteiger partial charge is 0.416 e. The summed E-state index contributed by atoms with van der Waals surface area (Å²) in [6, 6.07) is 4.42. The van der Waals surface area contributed by atoms with Gasteiger partial charge >= 0.3 is 6.18 Å². The number of carbonyl (C=O) groups excluding carboxylic acids is 1. The Kier molecular flexibility index (Phi) is 4.37. The summed E-state index contributed by atoms with van der Waals surface area (Å²) in [6.07, 6.45) is -2.35. The van der Waals surface area contributed by atoms with Gasteiger partial charge in [0.25, 0.3) is 0 Å². The van der Waals surface area contributed by atoms with Gasteiger partial charge in [-0.1, -0.05) is 11.6 Å². The molecule has 0 saturated carbocycles. The van der Waals surface area contributed by atoms with E-state index in [4.69, 9.17) is 16.9 Å². The molecule has 1 aromatic carbocycles. The molecule has 0 bridgehead atoms. The van der Waals surface area contributed by atoms with Crippen molar-refractivity contribution in [1.29, 1.82) is 5.26 Å². The number of halogens is 4. The van der Waals surface area contributed by atoms with Crippen LogP contribution in [-0.2, 0) is 11.0 Å². The second-order valence-electron chi connectivity index (χ2n) is 4.22. The number of hydrogen-bond acceptors (Lipinski definition) is 3. The van der Waals surface area contributed by atoms with Gasteiger partial charge in [-0.05, 0) is 18.2 Å². The second-order valence-corrected chi connectivity index (χ2v) is 4.65. The van der Waals surface area contributed by atoms with Crippen LogP contribution in [0.1, 0.15) is 12.0 Å². The van der Waals surface area contributed by atoms with E-state index in [-0.39, 0.29) is 16.4 Å². The minimum atomic E-state index is -4.56. The van der Waals surface area contributed by atoms with Gasteiger partial charge in [-0.15, -0.1) is 0 Å². The Labute approximate surface area is 127 Å². The number of anilines is 1. The lowest BCUT2D eigenvalue weighted by Gasteiger charge is -2.14. The number of rotatable bonds is 3. The zero-order valence-electron chi connectivity index (χ0n) is 10.9. The van der Waals surface area contributed by atoms with E-state index in [2.05, 4.69) is 10.4 Å². The highest BCUT2D eigenvalue weighted by molar-refractivity contribution is 6.30. The van der Waals surface area contributed by atoms with E-state index in [0.29, 0.717) is 0 Å². The van der Waals surface area contributed by atoms with E-state index in [1.54, 1.807) is 6.07 Å². The van der Waals surface area contributed by atoms with Crippen molar-refractivity contribution in [3.8, 4) is 11.8 Å². The quantitative estimate of drug-likeness (QED) is 0.938. The standard InChI is InChI=1S/C13H8ClF3N4O/c14-9-6-19-21(7-9)11-2-1-8(13(15,16)17)5-10(11)20-12(22)3-4-18/h1-2,5-7H,3H2,(H,20,22). The Morgan fingerprint density at radius 3 is 2.73 bits per heavy atom. The molecule has 5 nitrogen and oxygen atoms in total. The highest BCUT2D eigenvalue weighted by Crippen LogP contribution is 2.33. The number of nitrogens with zero attached hydrogens (tertiary/aromatic N) is 3. The summed E-state index contributed by atoms with van der Waals surface area (Å²) < 4.78 is 39.6. The first-order chi connectivity index (χ1) is 10.3. The van der Waals surface area contributed by atoms with Gasteiger partial charge in [0.2, 0.25) is 5.91 Å². The van der Waals surface area contributed by atoms with E-state index in [9.17, 15) is 18.0 Å². The summed E-state index contributed by atoms with van der Waals surface area (Å²) >= 11 is 5.73. The predicted molar refractivity (Wildman–Crippen MR) is 72.4 cm³/mol. The fraction of sp³-hybridized carbons (Fsp3) is 0.154. The maximum atomic E-state index is 12.8. The van der Waals surface area contributed by atoms with Crippen molar-refractivity contribution in [2.75, 3.05) is 5.32 Å². The third kappa shape index (κ3) is 3.56. The molecule has 0 aliphatic rings. The van der Waals surface area contributed by atoms with Crippen LogP contribution in [0.3, 0.4) is 0 Å². The van der Waals surface area contributed by atoms with Crippen LogP contribution < -0.4 is 5.32 Å². The van der Waals surface area contributed by atoms with Crippen molar-refractivity contribution in [2.45, 2.75) is 12.6 Å². The molecule has 22 heavy (non-hydrogen) atoms. The number of benzene rings is 1. The summed E-state index contributed by atoms with van der Waals surface area (Å²) in [5.41, 5.74) is -0.845. The van der Waals surface area contributed by atoms with Gasteiger partial charge in [0, 0.05) is 6.20 Å². The number of amides is 1. The summed E-state index contributed by atoms with van der Waals surface area (Å²) in [4.78, 5) is 11.5. The summed E-state index contributed by atoms with van der Waals surface area (Å²) in [5, 5.41) is 14.9. The van der Waals surface area contributed by atoms with Crippen molar-refractivity contribution in [3.63, 3.8) is 0 Å². The summed E-state index contributed by atoms with van der Waals surface area (Å²) in [5.74, 6) is -0.721. The van der Waals surface area contributed by atoms with Crippen molar-refractivity contribution in [1.82, 2.24) is 9.78 Å². The highest BCUT2D eigenvalue weighted by Gasteiger charge is 2.31. The molecule has 0 aliphatic heterocycles. The maximum absolute atomic E-state index is 12.8. The van der Waals surface area contributed by atoms with E-state index in [1.165, 1.54) is 17.1 Å². The van der Waals surface area contributed by atoms with Crippen molar-refractivity contribution in [3.05, 3.63) is 41.2 Å². The van der Waals surface area contributed by atoms with Crippen LogP contribution >= 0.6 is 11.6 Å². The van der Waals surface area contributed by atoms with Gasteiger partial charge in [-0.25, -0.2) is 4.68 Å². The van der Waals surface area contributed by atoms with Gasteiger partial charge in [-0.2, -0.15) is 23.5 Å². The molecule has 0 saturated heterocycles. The van der Waals surface area contributed by atoms with Gasteiger partial charge < -0.3 is 5.32 Å². The second kappa shape index (κ2) is 6.07. The van der Waals surface area contributed by atoms with Gasteiger partial charge in [0.1, 0.15) is 6.42 Å². The van der Waals surface area contributed by atoms with Crippen LogP contribution in [-0.4, -0.2) is 15.7 Å². The van der Waals surface area contributed by atoms with Crippen molar-refractivity contribution < 1.29 is 18.0 Å². The third-order valence-corrected chi connectivity index (χ3v) is 2.83. The van der Waals surface area contributed by atoms with Crippen molar-refractivity contribution >= 4 is 23.2 Å². The Morgan fingerprint density at radius 2 is 2.18 bits per heavy atom. The molecule has 0 radical (unpaired) electrons. The number of aromatic nitrogens is 2. The van der Waals surface area contributed by atoms with Crippen LogP contribution in [0, 0.1) is 11.3 Å². The lowest BCUT2D eigenvalue weighted by molar-refractivity contribution is -0.137. The van der Waals surface area contributed by atoms with Gasteiger partial charge in [0.05, 0.1) is 34.2 Å². The average molecular weight is 329 g/mol. The van der Waals surface area contributed by atoms with E-state index < -0.39 is 24.1 Å². The van der Waals surface area contributed by atoms with Crippen molar-refractivity contribution in [2.24, 2.45) is 0 Å². The zero-order chi connectivity index (χ0) is 16.3. The van der Waals surface area contributed by atoms with Crippen LogP contribution in [0.25, 0.3) is 5.69 Å². The Hall–Kier alpha value is -2.53. The molecule has 2 aromatic rings. The number of hydrogen-bond donors (Lipinski definition) is 1. The minimum Gasteiger partial charge on any atom is -0.323 e. The normalized spacial score (nSPS) is 11.0. The molecular formula is C13H8ClF3N4O. The Morgan fingerprint density at radius 1 is 1.45 bits per heavy atom. The maximum Gasteiger partial charge on any atom is 0.416 e.